The van der Waals surface area contributed by atoms with Crippen LogP contribution in [0.15, 0.2) is 33.2 Å². The van der Waals surface area contributed by atoms with E-state index in [2.05, 4.69) is 46.8 Å². The Kier molecular flexibility index (Phi) is 3.63. The number of nitrogens with zero attached hydrogens (tertiary/aromatic N) is 1. The van der Waals surface area contributed by atoms with E-state index in [1.165, 1.54) is 7.11 Å². The molecule has 1 heterocycles. The van der Waals surface area contributed by atoms with E-state index >= 15 is 0 Å². The minimum absolute atomic E-state index is 0.335. The van der Waals surface area contributed by atoms with Crippen LogP contribution in [0.2, 0.25) is 0 Å². The Hall–Kier alpha value is -1.14. The van der Waals surface area contributed by atoms with Gasteiger partial charge in [-0.15, -0.1) is 0 Å². The third-order valence-electron chi connectivity index (χ3n) is 2.20. The van der Waals surface area contributed by atoms with Crippen molar-refractivity contribution in [2.45, 2.75) is 0 Å². The highest BCUT2D eigenvalue weighted by Crippen LogP contribution is 2.28. The summed E-state index contributed by atoms with van der Waals surface area (Å²) in [7, 11) is 1.33. The molecule has 1 aromatic heterocycles. The van der Waals surface area contributed by atoms with Gasteiger partial charge in [-0.25, -0.2) is 4.79 Å². The van der Waals surface area contributed by atoms with Gasteiger partial charge in [-0.2, -0.15) is 5.10 Å². The Bertz CT molecular complexity index is 566. The predicted octanol–water partition coefficient (Wildman–Crippen LogP) is 3.39. The normalized spacial score (nSPS) is 10.3. The zero-order valence-corrected chi connectivity index (χ0v) is 12.0. The second-order valence-corrected chi connectivity index (χ2v) is 5.00. The molecule has 0 aliphatic heterocycles. The van der Waals surface area contributed by atoms with Crippen LogP contribution >= 0.6 is 31.9 Å². The van der Waals surface area contributed by atoms with Gasteiger partial charge in [0.05, 0.1) is 12.8 Å². The molecule has 0 saturated carbocycles. The first kappa shape index (κ1) is 12.3. The number of aromatic nitrogens is 2. The van der Waals surface area contributed by atoms with Gasteiger partial charge in [0.15, 0.2) is 0 Å². The van der Waals surface area contributed by atoms with Crippen LogP contribution in [0, 0.1) is 0 Å². The number of ether oxygens (including phenoxy) is 1. The first-order valence-corrected chi connectivity index (χ1v) is 6.29. The summed E-state index contributed by atoms with van der Waals surface area (Å²) in [6, 6.07) is 7.39. The van der Waals surface area contributed by atoms with E-state index in [0.29, 0.717) is 11.4 Å². The number of esters is 1. The van der Waals surface area contributed by atoms with Gasteiger partial charge in [0.2, 0.25) is 0 Å². The Morgan fingerprint density at radius 1 is 1.29 bits per heavy atom. The Morgan fingerprint density at radius 3 is 2.71 bits per heavy atom. The molecular weight excluding hydrogens is 352 g/mol. The van der Waals surface area contributed by atoms with Crippen LogP contribution in [0.1, 0.15) is 10.5 Å². The van der Waals surface area contributed by atoms with Gasteiger partial charge >= 0.3 is 5.97 Å². The van der Waals surface area contributed by atoms with Crippen molar-refractivity contribution >= 4 is 37.8 Å². The van der Waals surface area contributed by atoms with Crippen LogP contribution in [0.3, 0.4) is 0 Å². The fourth-order valence-corrected chi connectivity index (χ4v) is 1.97. The molecule has 88 valence electrons. The first-order valence-electron chi connectivity index (χ1n) is 4.71. The summed E-state index contributed by atoms with van der Waals surface area (Å²) in [5.74, 6) is -0.431. The lowest BCUT2D eigenvalue weighted by Crippen LogP contribution is -2.00. The van der Waals surface area contributed by atoms with Crippen molar-refractivity contribution in [2.24, 2.45) is 0 Å². The number of rotatable bonds is 2. The Balaban J connectivity index is 2.37. The average Bonchev–Trinajstić information content (AvgIpc) is 2.81. The van der Waals surface area contributed by atoms with Gasteiger partial charge in [0.1, 0.15) is 5.69 Å². The van der Waals surface area contributed by atoms with Crippen molar-refractivity contribution in [3.8, 4) is 11.3 Å². The summed E-state index contributed by atoms with van der Waals surface area (Å²) in [4.78, 5) is 11.3. The van der Waals surface area contributed by atoms with Crippen molar-refractivity contribution in [1.29, 1.82) is 0 Å². The number of methoxy groups -OCH3 is 1. The minimum atomic E-state index is -0.431. The molecule has 6 heteroatoms. The van der Waals surface area contributed by atoms with Gasteiger partial charge in [-0.05, 0) is 50.1 Å². The molecule has 1 aromatic carbocycles. The van der Waals surface area contributed by atoms with E-state index < -0.39 is 5.97 Å². The largest absolute Gasteiger partial charge is 0.464 e. The number of halogens is 2. The molecule has 0 amide bonds. The maximum atomic E-state index is 11.3. The number of benzene rings is 1. The fourth-order valence-electron chi connectivity index (χ4n) is 1.34. The number of hydrogen-bond acceptors (Lipinski definition) is 3. The summed E-state index contributed by atoms with van der Waals surface area (Å²) >= 11 is 6.81. The summed E-state index contributed by atoms with van der Waals surface area (Å²) in [5, 5.41) is 6.70. The number of H-pyrrole nitrogens is 1. The fraction of sp³-hybridized carbons (Fsp3) is 0.0909. The quantitative estimate of drug-likeness (QED) is 0.836. The molecule has 0 saturated heterocycles. The molecule has 0 bridgehead atoms. The second-order valence-electron chi connectivity index (χ2n) is 3.29. The molecular formula is C11H8Br2N2O2. The van der Waals surface area contributed by atoms with E-state index in [1.807, 2.05) is 18.2 Å². The number of carbonyl (C=O) groups excluding carboxylic acids is 1. The first-order chi connectivity index (χ1) is 8.11. The Morgan fingerprint density at radius 2 is 2.06 bits per heavy atom. The molecule has 0 spiro atoms. The highest BCUT2D eigenvalue weighted by atomic mass is 79.9. The van der Waals surface area contributed by atoms with E-state index in [0.717, 1.165) is 14.5 Å². The highest BCUT2D eigenvalue weighted by molar-refractivity contribution is 9.13. The van der Waals surface area contributed by atoms with Crippen LogP contribution in [0.4, 0.5) is 0 Å². The van der Waals surface area contributed by atoms with E-state index in [9.17, 15) is 4.79 Å². The monoisotopic (exact) mass is 358 g/mol. The van der Waals surface area contributed by atoms with Gasteiger partial charge < -0.3 is 4.74 Å². The molecule has 4 nitrogen and oxygen atoms in total. The van der Waals surface area contributed by atoms with Crippen molar-refractivity contribution in [1.82, 2.24) is 10.2 Å². The molecule has 0 radical (unpaired) electrons. The maximum Gasteiger partial charge on any atom is 0.356 e. The molecule has 17 heavy (non-hydrogen) atoms. The lowest BCUT2D eigenvalue weighted by Gasteiger charge is -1.99. The second kappa shape index (κ2) is 5.01. The lowest BCUT2D eigenvalue weighted by atomic mass is 10.1. The third kappa shape index (κ3) is 2.58. The highest BCUT2D eigenvalue weighted by Gasteiger charge is 2.11. The molecule has 1 N–H and O–H groups in total. The molecule has 0 atom stereocenters. The summed E-state index contributed by atoms with van der Waals surface area (Å²) in [6.07, 6.45) is 0. The van der Waals surface area contributed by atoms with Crippen LogP contribution in [0.25, 0.3) is 11.3 Å². The van der Waals surface area contributed by atoms with E-state index in [1.54, 1.807) is 6.07 Å². The number of carbonyl (C=O) groups is 1. The van der Waals surface area contributed by atoms with E-state index in [4.69, 9.17) is 0 Å². The van der Waals surface area contributed by atoms with Crippen molar-refractivity contribution < 1.29 is 9.53 Å². The topological polar surface area (TPSA) is 55.0 Å². The van der Waals surface area contributed by atoms with Crippen molar-refractivity contribution in [2.75, 3.05) is 7.11 Å². The zero-order valence-electron chi connectivity index (χ0n) is 8.83. The van der Waals surface area contributed by atoms with Crippen LogP contribution < -0.4 is 0 Å². The molecule has 0 fully saturated rings. The van der Waals surface area contributed by atoms with Gasteiger partial charge in [0.25, 0.3) is 0 Å². The standard InChI is InChI=1S/C11H8Br2N2O2/c1-17-11(16)10-5-9(14-15-10)6-2-3-7(12)8(13)4-6/h2-5H,1H3,(H,14,15). The average molecular weight is 360 g/mol. The zero-order chi connectivity index (χ0) is 12.4. The van der Waals surface area contributed by atoms with Gasteiger partial charge in [0, 0.05) is 14.5 Å². The molecule has 0 aliphatic carbocycles. The summed E-state index contributed by atoms with van der Waals surface area (Å²) in [5.41, 5.74) is 1.94. The lowest BCUT2D eigenvalue weighted by molar-refractivity contribution is 0.0594. The molecule has 0 unspecified atom stereocenters. The van der Waals surface area contributed by atoms with Crippen molar-refractivity contribution in [3.63, 3.8) is 0 Å². The smallest absolute Gasteiger partial charge is 0.356 e. The summed E-state index contributed by atoms with van der Waals surface area (Å²) < 4.78 is 6.49. The minimum Gasteiger partial charge on any atom is -0.464 e. The van der Waals surface area contributed by atoms with E-state index in [-0.39, 0.29) is 0 Å². The maximum absolute atomic E-state index is 11.3. The SMILES string of the molecule is COC(=O)c1cc(-c2ccc(Br)c(Br)c2)n[nH]1. The number of nitrogens with one attached hydrogen (secondary N) is 1. The molecule has 2 rings (SSSR count). The van der Waals surface area contributed by atoms with Gasteiger partial charge in [-0.1, -0.05) is 6.07 Å². The van der Waals surface area contributed by atoms with Crippen LogP contribution in [-0.4, -0.2) is 23.3 Å². The Labute approximate surface area is 115 Å². The molecule has 2 aromatic rings. The number of aromatic amines is 1. The predicted molar refractivity (Wildman–Crippen MR) is 70.8 cm³/mol. The van der Waals surface area contributed by atoms with Crippen LogP contribution in [-0.2, 0) is 4.74 Å². The third-order valence-corrected chi connectivity index (χ3v) is 4.08. The number of hydrogen-bond donors (Lipinski definition) is 1. The summed E-state index contributed by atoms with van der Waals surface area (Å²) in [6.45, 7) is 0. The van der Waals surface area contributed by atoms with Crippen molar-refractivity contribution in [3.05, 3.63) is 38.9 Å². The van der Waals surface area contributed by atoms with Crippen LogP contribution in [0.5, 0.6) is 0 Å². The van der Waals surface area contributed by atoms with Gasteiger partial charge in [-0.3, -0.25) is 5.10 Å². The molecule has 0 aliphatic rings.